The molecule has 122 valence electrons. The number of carbonyl (C=O) groups excluding carboxylic acids is 2. The molecular formula is C16H18FN3O2S. The molecule has 0 atom stereocenters. The molecule has 0 radical (unpaired) electrons. The first-order valence-electron chi connectivity index (χ1n) is 7.23. The Bertz CT molecular complexity index is 698. The van der Waals surface area contributed by atoms with Gasteiger partial charge in [0, 0.05) is 19.4 Å². The molecule has 2 aromatic rings. The Labute approximate surface area is 137 Å². The van der Waals surface area contributed by atoms with Crippen LogP contribution in [-0.4, -0.2) is 23.3 Å². The van der Waals surface area contributed by atoms with Gasteiger partial charge in [-0.3, -0.25) is 9.59 Å². The number of hydrogen-bond donors (Lipinski definition) is 2. The highest BCUT2D eigenvalue weighted by atomic mass is 32.1. The average molecular weight is 335 g/mol. The Morgan fingerprint density at radius 1 is 1.30 bits per heavy atom. The SMILES string of the molecule is Cc1nc(Cc2ccc(F)cc2)sc1C(=O)NCCCC(N)=O. The van der Waals surface area contributed by atoms with Crippen molar-refractivity contribution < 1.29 is 14.0 Å². The summed E-state index contributed by atoms with van der Waals surface area (Å²) in [6.07, 6.45) is 1.32. The predicted molar refractivity (Wildman–Crippen MR) is 86.8 cm³/mol. The Kier molecular flexibility index (Phi) is 5.81. The van der Waals surface area contributed by atoms with Gasteiger partial charge >= 0.3 is 0 Å². The van der Waals surface area contributed by atoms with E-state index in [1.165, 1.54) is 23.5 Å². The van der Waals surface area contributed by atoms with E-state index < -0.39 is 0 Å². The summed E-state index contributed by atoms with van der Waals surface area (Å²) in [5, 5.41) is 3.56. The number of carbonyl (C=O) groups is 2. The molecule has 1 aromatic heterocycles. The zero-order valence-electron chi connectivity index (χ0n) is 12.8. The van der Waals surface area contributed by atoms with Crippen LogP contribution in [-0.2, 0) is 11.2 Å². The van der Waals surface area contributed by atoms with Crippen molar-refractivity contribution in [1.82, 2.24) is 10.3 Å². The number of nitrogens with one attached hydrogen (secondary N) is 1. The van der Waals surface area contributed by atoms with Gasteiger partial charge in [0.1, 0.15) is 10.7 Å². The van der Waals surface area contributed by atoms with E-state index >= 15 is 0 Å². The van der Waals surface area contributed by atoms with Crippen molar-refractivity contribution >= 4 is 23.2 Å². The van der Waals surface area contributed by atoms with Crippen molar-refractivity contribution in [2.45, 2.75) is 26.2 Å². The minimum Gasteiger partial charge on any atom is -0.370 e. The van der Waals surface area contributed by atoms with Gasteiger partial charge in [-0.15, -0.1) is 11.3 Å². The number of halogens is 1. The van der Waals surface area contributed by atoms with Crippen molar-refractivity contribution in [1.29, 1.82) is 0 Å². The predicted octanol–water partition coefficient (Wildman–Crippen LogP) is 2.18. The quantitative estimate of drug-likeness (QED) is 0.761. The molecule has 2 rings (SSSR count). The van der Waals surface area contributed by atoms with Crippen LogP contribution in [0.5, 0.6) is 0 Å². The van der Waals surface area contributed by atoms with Crippen molar-refractivity contribution in [3.05, 3.63) is 51.2 Å². The van der Waals surface area contributed by atoms with E-state index in [2.05, 4.69) is 10.3 Å². The van der Waals surface area contributed by atoms with Crippen LogP contribution in [0.25, 0.3) is 0 Å². The molecule has 5 nitrogen and oxygen atoms in total. The lowest BCUT2D eigenvalue weighted by Crippen LogP contribution is -2.25. The highest BCUT2D eigenvalue weighted by Crippen LogP contribution is 2.21. The summed E-state index contributed by atoms with van der Waals surface area (Å²) >= 11 is 1.32. The molecule has 2 amide bonds. The Balaban J connectivity index is 1.95. The van der Waals surface area contributed by atoms with Crippen LogP contribution in [0.15, 0.2) is 24.3 Å². The van der Waals surface area contributed by atoms with Gasteiger partial charge in [-0.05, 0) is 31.0 Å². The molecule has 0 saturated carbocycles. The number of nitrogens with zero attached hydrogens (tertiary/aromatic N) is 1. The Morgan fingerprint density at radius 2 is 2.00 bits per heavy atom. The number of aromatic nitrogens is 1. The van der Waals surface area contributed by atoms with Crippen molar-refractivity contribution in [2.24, 2.45) is 5.73 Å². The van der Waals surface area contributed by atoms with Crippen LogP contribution >= 0.6 is 11.3 Å². The molecule has 0 fully saturated rings. The van der Waals surface area contributed by atoms with Gasteiger partial charge in [0.2, 0.25) is 5.91 Å². The molecule has 0 aliphatic carbocycles. The number of thiazole rings is 1. The van der Waals surface area contributed by atoms with Gasteiger partial charge in [0.05, 0.1) is 10.7 Å². The number of rotatable bonds is 7. The van der Waals surface area contributed by atoms with E-state index in [-0.39, 0.29) is 24.1 Å². The molecule has 0 aliphatic heterocycles. The molecule has 0 spiro atoms. The number of nitrogens with two attached hydrogens (primary N) is 1. The second-order valence-electron chi connectivity index (χ2n) is 5.15. The molecular weight excluding hydrogens is 317 g/mol. The van der Waals surface area contributed by atoms with Crippen molar-refractivity contribution in [2.75, 3.05) is 6.54 Å². The van der Waals surface area contributed by atoms with Gasteiger partial charge in [0.15, 0.2) is 0 Å². The number of aryl methyl sites for hydroxylation is 1. The molecule has 3 N–H and O–H groups in total. The second kappa shape index (κ2) is 7.82. The number of benzene rings is 1. The topological polar surface area (TPSA) is 85.1 Å². The third-order valence-corrected chi connectivity index (χ3v) is 4.36. The lowest BCUT2D eigenvalue weighted by atomic mass is 10.1. The van der Waals surface area contributed by atoms with E-state index in [4.69, 9.17) is 5.73 Å². The molecule has 7 heteroatoms. The minimum absolute atomic E-state index is 0.199. The fourth-order valence-corrected chi connectivity index (χ4v) is 3.08. The van der Waals surface area contributed by atoms with E-state index in [9.17, 15) is 14.0 Å². The maximum absolute atomic E-state index is 12.9. The molecule has 23 heavy (non-hydrogen) atoms. The first-order chi connectivity index (χ1) is 11.0. The second-order valence-corrected chi connectivity index (χ2v) is 6.23. The summed E-state index contributed by atoms with van der Waals surface area (Å²) in [5.74, 6) is -0.857. The van der Waals surface area contributed by atoms with Crippen LogP contribution in [0.4, 0.5) is 4.39 Å². The minimum atomic E-state index is -0.380. The standard InChI is InChI=1S/C16H18FN3O2S/c1-10-15(16(22)19-8-2-3-13(18)21)23-14(20-10)9-11-4-6-12(17)7-5-11/h4-7H,2-3,8-9H2,1H3,(H2,18,21)(H,19,22). The van der Waals surface area contributed by atoms with E-state index in [1.807, 2.05) is 0 Å². The fourth-order valence-electron chi connectivity index (χ4n) is 2.06. The van der Waals surface area contributed by atoms with Crippen molar-refractivity contribution in [3.8, 4) is 0 Å². The molecule has 1 heterocycles. The third-order valence-electron chi connectivity index (χ3n) is 3.20. The fraction of sp³-hybridized carbons (Fsp3) is 0.312. The lowest BCUT2D eigenvalue weighted by molar-refractivity contribution is -0.118. The third kappa shape index (κ3) is 5.14. The first-order valence-corrected chi connectivity index (χ1v) is 8.04. The molecule has 1 aromatic carbocycles. The van der Waals surface area contributed by atoms with Crippen LogP contribution in [0.1, 0.15) is 38.8 Å². The summed E-state index contributed by atoms with van der Waals surface area (Å²) in [6.45, 7) is 2.18. The summed E-state index contributed by atoms with van der Waals surface area (Å²) < 4.78 is 12.9. The largest absolute Gasteiger partial charge is 0.370 e. The zero-order valence-corrected chi connectivity index (χ0v) is 13.6. The normalized spacial score (nSPS) is 10.5. The maximum Gasteiger partial charge on any atom is 0.263 e. The first kappa shape index (κ1) is 17.1. The van der Waals surface area contributed by atoms with Crippen LogP contribution in [0, 0.1) is 12.7 Å². The monoisotopic (exact) mass is 335 g/mol. The van der Waals surface area contributed by atoms with Crippen LogP contribution < -0.4 is 11.1 Å². The van der Waals surface area contributed by atoms with E-state index in [0.717, 1.165) is 10.6 Å². The van der Waals surface area contributed by atoms with Gasteiger partial charge in [-0.1, -0.05) is 12.1 Å². The smallest absolute Gasteiger partial charge is 0.263 e. The lowest BCUT2D eigenvalue weighted by Gasteiger charge is -2.02. The molecule has 0 unspecified atom stereocenters. The summed E-state index contributed by atoms with van der Waals surface area (Å²) in [4.78, 5) is 27.7. The molecule has 0 aliphatic rings. The number of hydrogen-bond acceptors (Lipinski definition) is 4. The van der Waals surface area contributed by atoms with E-state index in [0.29, 0.717) is 30.0 Å². The molecule has 0 saturated heterocycles. The van der Waals surface area contributed by atoms with Gasteiger partial charge in [-0.2, -0.15) is 0 Å². The summed E-state index contributed by atoms with van der Waals surface area (Å²) in [5.41, 5.74) is 6.65. The molecule has 0 bridgehead atoms. The van der Waals surface area contributed by atoms with Crippen LogP contribution in [0.3, 0.4) is 0 Å². The maximum atomic E-state index is 12.9. The Hall–Kier alpha value is -2.28. The average Bonchev–Trinajstić information content (AvgIpc) is 2.86. The number of amides is 2. The number of primary amides is 1. The van der Waals surface area contributed by atoms with E-state index in [1.54, 1.807) is 19.1 Å². The van der Waals surface area contributed by atoms with Gasteiger partial charge < -0.3 is 11.1 Å². The van der Waals surface area contributed by atoms with Gasteiger partial charge in [0.25, 0.3) is 5.91 Å². The summed E-state index contributed by atoms with van der Waals surface area (Å²) in [7, 11) is 0. The van der Waals surface area contributed by atoms with Crippen molar-refractivity contribution in [3.63, 3.8) is 0 Å². The highest BCUT2D eigenvalue weighted by Gasteiger charge is 2.15. The van der Waals surface area contributed by atoms with Crippen LogP contribution in [0.2, 0.25) is 0 Å². The summed E-state index contributed by atoms with van der Waals surface area (Å²) in [6, 6.07) is 6.22. The Morgan fingerprint density at radius 3 is 2.65 bits per heavy atom. The van der Waals surface area contributed by atoms with Gasteiger partial charge in [-0.25, -0.2) is 9.37 Å². The zero-order chi connectivity index (χ0) is 16.8. The highest BCUT2D eigenvalue weighted by molar-refractivity contribution is 7.13.